The Morgan fingerprint density at radius 3 is 2.43 bits per heavy atom. The third kappa shape index (κ3) is 3.66. The van der Waals surface area contributed by atoms with Crippen LogP contribution in [0.25, 0.3) is 0 Å². The summed E-state index contributed by atoms with van der Waals surface area (Å²) in [6, 6.07) is 0. The van der Waals surface area contributed by atoms with Crippen LogP contribution in [0, 0.1) is 11.3 Å². The van der Waals surface area contributed by atoms with E-state index in [1.807, 2.05) is 0 Å². The third-order valence-electron chi connectivity index (χ3n) is 2.63. The lowest BCUT2D eigenvalue weighted by atomic mass is 9.95. The van der Waals surface area contributed by atoms with Crippen LogP contribution in [-0.4, -0.2) is 25.6 Å². The van der Waals surface area contributed by atoms with Crippen molar-refractivity contribution in [3.8, 4) is 0 Å². The van der Waals surface area contributed by atoms with E-state index < -0.39 is 0 Å². The van der Waals surface area contributed by atoms with E-state index in [9.17, 15) is 0 Å². The van der Waals surface area contributed by atoms with Gasteiger partial charge < -0.3 is 10.5 Å². The van der Waals surface area contributed by atoms with E-state index >= 15 is 0 Å². The first-order valence-corrected chi connectivity index (χ1v) is 5.38. The Kier molecular flexibility index (Phi) is 3.93. The number of amidine groups is 1. The van der Waals surface area contributed by atoms with Gasteiger partial charge in [-0.2, -0.15) is 0 Å². The van der Waals surface area contributed by atoms with Crippen molar-refractivity contribution < 1.29 is 4.74 Å². The van der Waals surface area contributed by atoms with Crippen molar-refractivity contribution in [2.24, 2.45) is 22.1 Å². The number of rotatable bonds is 2. The van der Waals surface area contributed by atoms with E-state index in [2.05, 4.69) is 25.8 Å². The van der Waals surface area contributed by atoms with Crippen molar-refractivity contribution in [2.75, 3.05) is 19.8 Å². The van der Waals surface area contributed by atoms with Gasteiger partial charge in [-0.25, -0.2) is 0 Å². The zero-order chi connectivity index (χ0) is 10.6. The predicted octanol–water partition coefficient (Wildman–Crippen LogP) is 1.82. The van der Waals surface area contributed by atoms with Crippen LogP contribution in [0.1, 0.15) is 33.6 Å². The fourth-order valence-corrected chi connectivity index (χ4v) is 1.39. The number of aliphatic imine (C=N–C) groups is 1. The molecule has 2 N–H and O–H groups in total. The second-order valence-electron chi connectivity index (χ2n) is 5.03. The Morgan fingerprint density at radius 1 is 1.36 bits per heavy atom. The maximum atomic E-state index is 5.89. The van der Waals surface area contributed by atoms with Crippen LogP contribution in [-0.2, 0) is 4.74 Å². The van der Waals surface area contributed by atoms with Gasteiger partial charge in [-0.05, 0) is 18.8 Å². The summed E-state index contributed by atoms with van der Waals surface area (Å²) in [4.78, 5) is 4.46. The summed E-state index contributed by atoms with van der Waals surface area (Å²) in [7, 11) is 0. The smallest absolute Gasteiger partial charge is 0.0991 e. The minimum Gasteiger partial charge on any atom is -0.387 e. The van der Waals surface area contributed by atoms with Gasteiger partial charge in [0.15, 0.2) is 0 Å². The number of ether oxygens (including phenoxy) is 1. The van der Waals surface area contributed by atoms with Crippen LogP contribution in [0.4, 0.5) is 0 Å². The summed E-state index contributed by atoms with van der Waals surface area (Å²) >= 11 is 0. The standard InChI is InChI=1S/C11H22N2O/c1-11(2,3)10(12)13-8-9-4-6-14-7-5-9/h9H,4-8H2,1-3H3,(H2,12,13). The van der Waals surface area contributed by atoms with Crippen molar-refractivity contribution in [1.29, 1.82) is 0 Å². The first kappa shape index (κ1) is 11.5. The van der Waals surface area contributed by atoms with Crippen molar-refractivity contribution in [3.05, 3.63) is 0 Å². The lowest BCUT2D eigenvalue weighted by Crippen LogP contribution is -2.30. The second kappa shape index (κ2) is 4.78. The first-order valence-electron chi connectivity index (χ1n) is 5.38. The Labute approximate surface area is 86.7 Å². The van der Waals surface area contributed by atoms with Gasteiger partial charge in [0.25, 0.3) is 0 Å². The summed E-state index contributed by atoms with van der Waals surface area (Å²) < 4.78 is 5.29. The number of hydrogen-bond donors (Lipinski definition) is 1. The highest BCUT2D eigenvalue weighted by Gasteiger charge is 2.17. The monoisotopic (exact) mass is 198 g/mol. The fourth-order valence-electron chi connectivity index (χ4n) is 1.39. The lowest BCUT2D eigenvalue weighted by Gasteiger charge is -2.22. The molecular weight excluding hydrogens is 176 g/mol. The van der Waals surface area contributed by atoms with Crippen molar-refractivity contribution >= 4 is 5.84 Å². The molecule has 0 bridgehead atoms. The molecule has 0 atom stereocenters. The predicted molar refractivity (Wildman–Crippen MR) is 59.5 cm³/mol. The number of hydrogen-bond acceptors (Lipinski definition) is 2. The van der Waals surface area contributed by atoms with Crippen LogP contribution in [0.3, 0.4) is 0 Å². The van der Waals surface area contributed by atoms with Crippen molar-refractivity contribution in [1.82, 2.24) is 0 Å². The molecule has 0 aliphatic carbocycles. The number of nitrogens with two attached hydrogens (primary N) is 1. The van der Waals surface area contributed by atoms with E-state index in [1.165, 1.54) is 0 Å². The van der Waals surface area contributed by atoms with E-state index in [4.69, 9.17) is 10.5 Å². The average molecular weight is 198 g/mol. The van der Waals surface area contributed by atoms with Crippen LogP contribution in [0.2, 0.25) is 0 Å². The molecule has 0 spiro atoms. The summed E-state index contributed by atoms with van der Waals surface area (Å²) in [6.07, 6.45) is 2.25. The highest BCUT2D eigenvalue weighted by molar-refractivity contribution is 5.85. The Bertz CT molecular complexity index is 200. The molecule has 14 heavy (non-hydrogen) atoms. The van der Waals surface area contributed by atoms with Crippen LogP contribution >= 0.6 is 0 Å². The molecule has 1 heterocycles. The minimum absolute atomic E-state index is 0.00513. The minimum atomic E-state index is 0.00513. The fraction of sp³-hybridized carbons (Fsp3) is 0.909. The van der Waals surface area contributed by atoms with Gasteiger partial charge in [0.2, 0.25) is 0 Å². The highest BCUT2D eigenvalue weighted by atomic mass is 16.5. The van der Waals surface area contributed by atoms with Crippen LogP contribution in [0.15, 0.2) is 4.99 Å². The van der Waals surface area contributed by atoms with E-state index in [0.29, 0.717) is 5.92 Å². The SMILES string of the molecule is CC(C)(C)C(N)=NCC1CCOCC1. The molecule has 1 fully saturated rings. The molecule has 3 heteroatoms. The molecule has 1 aliphatic rings. The summed E-state index contributed by atoms with van der Waals surface area (Å²) in [5.74, 6) is 1.44. The van der Waals surface area contributed by atoms with Gasteiger partial charge in [0.05, 0.1) is 5.84 Å². The highest BCUT2D eigenvalue weighted by Crippen LogP contribution is 2.17. The van der Waals surface area contributed by atoms with E-state index in [-0.39, 0.29) is 5.41 Å². The van der Waals surface area contributed by atoms with Gasteiger partial charge in [-0.3, -0.25) is 4.99 Å². The molecule has 0 radical (unpaired) electrons. The lowest BCUT2D eigenvalue weighted by molar-refractivity contribution is 0.0689. The summed E-state index contributed by atoms with van der Waals surface area (Å²) in [6.45, 7) is 8.92. The molecule has 1 aliphatic heterocycles. The van der Waals surface area contributed by atoms with Gasteiger partial charge in [-0.15, -0.1) is 0 Å². The Morgan fingerprint density at radius 2 is 1.93 bits per heavy atom. The molecule has 1 saturated heterocycles. The van der Waals surface area contributed by atoms with Gasteiger partial charge >= 0.3 is 0 Å². The zero-order valence-corrected chi connectivity index (χ0v) is 9.55. The largest absolute Gasteiger partial charge is 0.387 e. The van der Waals surface area contributed by atoms with Crippen LogP contribution < -0.4 is 5.73 Å². The summed E-state index contributed by atoms with van der Waals surface area (Å²) in [5, 5.41) is 0. The molecule has 3 nitrogen and oxygen atoms in total. The molecule has 0 unspecified atom stereocenters. The molecule has 0 saturated carbocycles. The third-order valence-corrected chi connectivity index (χ3v) is 2.63. The normalized spacial score (nSPS) is 21.2. The molecule has 0 aromatic carbocycles. The van der Waals surface area contributed by atoms with Crippen LogP contribution in [0.5, 0.6) is 0 Å². The average Bonchev–Trinajstić information content (AvgIpc) is 2.14. The second-order valence-corrected chi connectivity index (χ2v) is 5.03. The van der Waals surface area contributed by atoms with Gasteiger partial charge in [0.1, 0.15) is 0 Å². The molecule has 82 valence electrons. The van der Waals surface area contributed by atoms with Crippen molar-refractivity contribution in [2.45, 2.75) is 33.6 Å². The maximum absolute atomic E-state index is 5.89. The van der Waals surface area contributed by atoms with Gasteiger partial charge in [-0.1, -0.05) is 20.8 Å². The topological polar surface area (TPSA) is 47.6 Å². The van der Waals surface area contributed by atoms with Gasteiger partial charge in [0, 0.05) is 25.2 Å². The molecule has 1 rings (SSSR count). The zero-order valence-electron chi connectivity index (χ0n) is 9.55. The van der Waals surface area contributed by atoms with Crippen molar-refractivity contribution in [3.63, 3.8) is 0 Å². The summed E-state index contributed by atoms with van der Waals surface area (Å²) in [5.41, 5.74) is 5.89. The van der Waals surface area contributed by atoms with E-state index in [0.717, 1.165) is 38.4 Å². The number of nitrogens with zero attached hydrogens (tertiary/aromatic N) is 1. The maximum Gasteiger partial charge on any atom is 0.0991 e. The van der Waals surface area contributed by atoms with E-state index in [1.54, 1.807) is 0 Å². The Hall–Kier alpha value is -0.570. The molecule has 0 amide bonds. The Balaban J connectivity index is 2.37. The quantitative estimate of drug-likeness (QED) is 0.543. The molecule has 0 aromatic rings. The molecule has 0 aromatic heterocycles. The molecular formula is C11H22N2O. The first-order chi connectivity index (χ1) is 6.50.